The van der Waals surface area contributed by atoms with Crippen molar-refractivity contribution < 1.29 is 13.9 Å². The van der Waals surface area contributed by atoms with E-state index < -0.39 is 5.97 Å². The van der Waals surface area contributed by atoms with Gasteiger partial charge in [0.05, 0.1) is 17.8 Å². The number of aromatic nitrogens is 1. The van der Waals surface area contributed by atoms with Crippen LogP contribution in [0.15, 0.2) is 23.7 Å². The number of nitrogens with zero attached hydrogens (tertiary/aromatic N) is 1. The average molecular weight is 280 g/mol. The van der Waals surface area contributed by atoms with Crippen molar-refractivity contribution in [3.8, 4) is 0 Å². The summed E-state index contributed by atoms with van der Waals surface area (Å²) in [6.07, 6.45) is 0. The Morgan fingerprint density at radius 1 is 1.53 bits per heavy atom. The lowest BCUT2D eigenvalue weighted by Crippen LogP contribution is -2.07. The average Bonchev–Trinajstić information content (AvgIpc) is 2.81. The molecule has 0 aliphatic heterocycles. The van der Waals surface area contributed by atoms with Gasteiger partial charge in [0.1, 0.15) is 10.8 Å². The van der Waals surface area contributed by atoms with Crippen LogP contribution in [0.2, 0.25) is 0 Å². The number of hydrogen-bond acceptors (Lipinski definition) is 5. The van der Waals surface area contributed by atoms with Gasteiger partial charge in [0.15, 0.2) is 5.69 Å². The first-order valence-corrected chi connectivity index (χ1v) is 6.63. The summed E-state index contributed by atoms with van der Waals surface area (Å²) >= 11 is 1.22. The number of rotatable bonds is 4. The zero-order chi connectivity index (χ0) is 13.8. The van der Waals surface area contributed by atoms with E-state index >= 15 is 0 Å². The second kappa shape index (κ2) is 5.79. The van der Waals surface area contributed by atoms with Gasteiger partial charge in [0.2, 0.25) is 0 Å². The molecule has 0 saturated heterocycles. The van der Waals surface area contributed by atoms with Crippen molar-refractivity contribution in [2.45, 2.75) is 13.8 Å². The monoisotopic (exact) mass is 280 g/mol. The maximum absolute atomic E-state index is 13.7. The standard InChI is InChI=1S/C13H13FN2O2S/c1-3-18-13(17)11-12(19-7-15-11)16-10-5-4-8(2)6-9(10)14/h4-7,16H,3H2,1-2H3. The van der Waals surface area contributed by atoms with Crippen molar-refractivity contribution in [1.82, 2.24) is 4.98 Å². The Labute approximate surface area is 114 Å². The highest BCUT2D eigenvalue weighted by molar-refractivity contribution is 7.14. The Morgan fingerprint density at radius 2 is 2.32 bits per heavy atom. The lowest BCUT2D eigenvalue weighted by atomic mass is 10.2. The number of thiazole rings is 1. The highest BCUT2D eigenvalue weighted by Crippen LogP contribution is 2.27. The Bertz CT molecular complexity index is 598. The minimum Gasteiger partial charge on any atom is -0.461 e. The molecule has 0 fully saturated rings. The van der Waals surface area contributed by atoms with Crippen LogP contribution >= 0.6 is 11.3 Å². The van der Waals surface area contributed by atoms with Crippen LogP contribution in [0.5, 0.6) is 0 Å². The molecule has 0 radical (unpaired) electrons. The van der Waals surface area contributed by atoms with Crippen molar-refractivity contribution in [2.75, 3.05) is 11.9 Å². The van der Waals surface area contributed by atoms with Crippen LogP contribution in [0.1, 0.15) is 23.0 Å². The maximum atomic E-state index is 13.7. The van der Waals surface area contributed by atoms with Crippen LogP contribution in [0.25, 0.3) is 0 Å². The summed E-state index contributed by atoms with van der Waals surface area (Å²) in [4.78, 5) is 15.6. The third kappa shape index (κ3) is 3.08. The molecule has 0 saturated carbocycles. The topological polar surface area (TPSA) is 51.2 Å². The Kier molecular flexibility index (Phi) is 4.11. The van der Waals surface area contributed by atoms with Gasteiger partial charge in [0.25, 0.3) is 0 Å². The van der Waals surface area contributed by atoms with Gasteiger partial charge in [-0.25, -0.2) is 14.2 Å². The summed E-state index contributed by atoms with van der Waals surface area (Å²) in [7, 11) is 0. The number of carbonyl (C=O) groups excluding carboxylic acids is 1. The first kappa shape index (κ1) is 13.5. The molecule has 0 atom stereocenters. The minimum atomic E-state index is -0.515. The first-order chi connectivity index (χ1) is 9.11. The van der Waals surface area contributed by atoms with Gasteiger partial charge in [-0.1, -0.05) is 6.07 Å². The fourth-order valence-corrected chi connectivity index (χ4v) is 2.20. The number of esters is 1. The van der Waals surface area contributed by atoms with Crippen molar-refractivity contribution in [3.63, 3.8) is 0 Å². The molecule has 0 unspecified atom stereocenters. The molecule has 100 valence electrons. The maximum Gasteiger partial charge on any atom is 0.360 e. The first-order valence-electron chi connectivity index (χ1n) is 5.75. The fourth-order valence-electron chi connectivity index (χ4n) is 1.52. The third-order valence-corrected chi connectivity index (χ3v) is 3.15. The minimum absolute atomic E-state index is 0.173. The summed E-state index contributed by atoms with van der Waals surface area (Å²) in [6.45, 7) is 3.80. The van der Waals surface area contributed by atoms with E-state index in [1.807, 2.05) is 6.92 Å². The molecule has 0 aliphatic carbocycles. The van der Waals surface area contributed by atoms with E-state index in [2.05, 4.69) is 10.3 Å². The predicted molar refractivity (Wildman–Crippen MR) is 72.5 cm³/mol. The summed E-state index contributed by atoms with van der Waals surface area (Å²) in [6, 6.07) is 4.84. The van der Waals surface area contributed by atoms with Crippen LogP contribution in [0.4, 0.5) is 15.1 Å². The molecule has 0 bridgehead atoms. The Hall–Kier alpha value is -1.95. The molecule has 0 amide bonds. The zero-order valence-electron chi connectivity index (χ0n) is 10.6. The Morgan fingerprint density at radius 3 is 3.00 bits per heavy atom. The number of nitrogens with one attached hydrogen (secondary N) is 1. The van der Waals surface area contributed by atoms with Crippen LogP contribution in [0, 0.1) is 12.7 Å². The van der Waals surface area contributed by atoms with Crippen LogP contribution in [0.3, 0.4) is 0 Å². The van der Waals surface area contributed by atoms with E-state index in [1.165, 1.54) is 22.9 Å². The number of carbonyl (C=O) groups is 1. The zero-order valence-corrected chi connectivity index (χ0v) is 11.4. The molecular weight excluding hydrogens is 267 g/mol. The molecule has 1 N–H and O–H groups in total. The summed E-state index contributed by atoms with van der Waals surface area (Å²) in [5.41, 5.74) is 2.82. The molecule has 1 heterocycles. The van der Waals surface area contributed by atoms with Crippen molar-refractivity contribution in [3.05, 3.63) is 40.8 Å². The molecule has 2 aromatic rings. The van der Waals surface area contributed by atoms with Gasteiger partial charge in [-0.05, 0) is 31.5 Å². The van der Waals surface area contributed by atoms with Gasteiger partial charge in [-0.3, -0.25) is 0 Å². The number of halogens is 1. The number of anilines is 2. The molecule has 4 nitrogen and oxygen atoms in total. The number of benzene rings is 1. The quantitative estimate of drug-likeness (QED) is 0.871. The van der Waals surface area contributed by atoms with Gasteiger partial charge in [-0.15, -0.1) is 11.3 Å². The molecule has 0 aliphatic rings. The van der Waals surface area contributed by atoms with E-state index in [0.717, 1.165) is 5.56 Å². The molecular formula is C13H13FN2O2S. The van der Waals surface area contributed by atoms with E-state index in [1.54, 1.807) is 19.1 Å². The van der Waals surface area contributed by atoms with Gasteiger partial charge >= 0.3 is 5.97 Å². The van der Waals surface area contributed by atoms with E-state index in [4.69, 9.17) is 4.74 Å². The summed E-state index contributed by atoms with van der Waals surface area (Å²) in [5, 5.41) is 3.34. The lowest BCUT2D eigenvalue weighted by molar-refractivity contribution is 0.0521. The predicted octanol–water partition coefficient (Wildman–Crippen LogP) is 3.51. The largest absolute Gasteiger partial charge is 0.461 e. The van der Waals surface area contributed by atoms with Gasteiger partial charge in [0, 0.05) is 0 Å². The molecule has 6 heteroatoms. The lowest BCUT2D eigenvalue weighted by Gasteiger charge is -2.07. The highest BCUT2D eigenvalue weighted by atomic mass is 32.1. The SMILES string of the molecule is CCOC(=O)c1ncsc1Nc1ccc(C)cc1F. The van der Waals surface area contributed by atoms with Gasteiger partial charge < -0.3 is 10.1 Å². The van der Waals surface area contributed by atoms with E-state index in [-0.39, 0.29) is 18.1 Å². The van der Waals surface area contributed by atoms with Crippen LogP contribution in [-0.2, 0) is 4.74 Å². The van der Waals surface area contributed by atoms with E-state index in [9.17, 15) is 9.18 Å². The highest BCUT2D eigenvalue weighted by Gasteiger charge is 2.17. The number of hydrogen-bond donors (Lipinski definition) is 1. The van der Waals surface area contributed by atoms with Crippen molar-refractivity contribution in [1.29, 1.82) is 0 Å². The molecule has 0 spiro atoms. The molecule has 19 heavy (non-hydrogen) atoms. The second-order valence-electron chi connectivity index (χ2n) is 3.86. The summed E-state index contributed by atoms with van der Waals surface area (Å²) in [5.74, 6) is -0.887. The Balaban J connectivity index is 2.24. The molecule has 1 aromatic heterocycles. The van der Waals surface area contributed by atoms with Crippen LogP contribution in [-0.4, -0.2) is 17.6 Å². The van der Waals surface area contributed by atoms with Gasteiger partial charge in [-0.2, -0.15) is 0 Å². The van der Waals surface area contributed by atoms with Crippen molar-refractivity contribution in [2.24, 2.45) is 0 Å². The smallest absolute Gasteiger partial charge is 0.360 e. The van der Waals surface area contributed by atoms with E-state index in [0.29, 0.717) is 10.7 Å². The third-order valence-electron chi connectivity index (χ3n) is 2.41. The van der Waals surface area contributed by atoms with Crippen LogP contribution < -0.4 is 5.32 Å². The number of ether oxygens (including phenoxy) is 1. The normalized spacial score (nSPS) is 10.3. The number of aryl methyl sites for hydroxylation is 1. The fraction of sp³-hybridized carbons (Fsp3) is 0.231. The second-order valence-corrected chi connectivity index (χ2v) is 4.71. The molecule has 2 rings (SSSR count). The molecule has 1 aromatic carbocycles. The summed E-state index contributed by atoms with van der Waals surface area (Å²) < 4.78 is 18.6. The van der Waals surface area contributed by atoms with Crippen molar-refractivity contribution >= 4 is 28.0 Å².